The van der Waals surface area contributed by atoms with Gasteiger partial charge in [-0.05, 0) is 14.0 Å². The number of hydrogen-bond acceptors (Lipinski definition) is 3. The lowest BCUT2D eigenvalue weighted by Gasteiger charge is -2.32. The van der Waals surface area contributed by atoms with Crippen LogP contribution in [0.4, 0.5) is 0 Å². The molecule has 0 aromatic carbocycles. The molecule has 0 aromatic rings. The fraction of sp³-hybridized carbons (Fsp3) is 0.700. The quantitative estimate of drug-likeness (QED) is 0.661. The van der Waals surface area contributed by atoms with E-state index in [1.807, 2.05) is 6.92 Å². The van der Waals surface area contributed by atoms with Gasteiger partial charge < -0.3 is 10.0 Å². The molecule has 1 aliphatic rings. The first-order valence-electron chi connectivity index (χ1n) is 4.89. The molecule has 1 saturated heterocycles. The molecule has 0 spiro atoms. The summed E-state index contributed by atoms with van der Waals surface area (Å²) in [4.78, 5) is 15.0. The van der Waals surface area contributed by atoms with Gasteiger partial charge in [0.25, 0.3) is 0 Å². The first-order valence-corrected chi connectivity index (χ1v) is 4.89. The van der Waals surface area contributed by atoms with Gasteiger partial charge in [0.1, 0.15) is 0 Å². The Hall–Kier alpha value is -0.870. The molecular formula is C10H18N2O2. The van der Waals surface area contributed by atoms with E-state index in [0.717, 1.165) is 38.3 Å². The van der Waals surface area contributed by atoms with Gasteiger partial charge in [-0.1, -0.05) is 5.57 Å². The molecule has 0 bridgehead atoms. The van der Waals surface area contributed by atoms with E-state index in [-0.39, 0.29) is 0 Å². The smallest absolute Gasteiger partial charge is 0.328 e. The topological polar surface area (TPSA) is 43.8 Å². The average molecular weight is 198 g/mol. The lowest BCUT2D eigenvalue weighted by atomic mass is 10.2. The molecule has 0 aromatic heterocycles. The van der Waals surface area contributed by atoms with Crippen molar-refractivity contribution in [2.75, 3.05) is 39.8 Å². The van der Waals surface area contributed by atoms with E-state index < -0.39 is 5.97 Å². The predicted octanol–water partition coefficient (Wildman–Crippen LogP) is 0.265. The molecule has 1 heterocycles. The van der Waals surface area contributed by atoms with Gasteiger partial charge in [-0.25, -0.2) is 4.79 Å². The second kappa shape index (κ2) is 5.12. The summed E-state index contributed by atoms with van der Waals surface area (Å²) in [6.07, 6.45) is 1.29. The summed E-state index contributed by atoms with van der Waals surface area (Å²) in [7, 11) is 2.11. The van der Waals surface area contributed by atoms with Crippen molar-refractivity contribution >= 4 is 5.97 Å². The Morgan fingerprint density at radius 3 is 2.43 bits per heavy atom. The summed E-state index contributed by atoms with van der Waals surface area (Å²) < 4.78 is 0. The Morgan fingerprint density at radius 2 is 1.93 bits per heavy atom. The lowest BCUT2D eigenvalue weighted by molar-refractivity contribution is -0.131. The minimum Gasteiger partial charge on any atom is -0.478 e. The molecule has 4 heteroatoms. The van der Waals surface area contributed by atoms with Crippen molar-refractivity contribution in [1.82, 2.24) is 9.80 Å². The van der Waals surface area contributed by atoms with Crippen molar-refractivity contribution in [2.45, 2.75) is 6.92 Å². The van der Waals surface area contributed by atoms with Crippen LogP contribution in [-0.2, 0) is 4.79 Å². The number of carboxylic acid groups (broad SMARTS) is 1. The summed E-state index contributed by atoms with van der Waals surface area (Å²) >= 11 is 0. The van der Waals surface area contributed by atoms with E-state index in [1.54, 1.807) is 0 Å². The second-order valence-electron chi connectivity index (χ2n) is 3.91. The first kappa shape index (κ1) is 11.2. The van der Waals surface area contributed by atoms with Gasteiger partial charge in [0.2, 0.25) is 0 Å². The molecule has 1 N–H and O–H groups in total. The monoisotopic (exact) mass is 198 g/mol. The van der Waals surface area contributed by atoms with Crippen molar-refractivity contribution in [1.29, 1.82) is 0 Å². The number of nitrogens with zero attached hydrogens (tertiary/aromatic N) is 2. The lowest BCUT2D eigenvalue weighted by Crippen LogP contribution is -2.44. The van der Waals surface area contributed by atoms with E-state index in [2.05, 4.69) is 16.8 Å². The van der Waals surface area contributed by atoms with Crippen molar-refractivity contribution in [3.05, 3.63) is 11.6 Å². The molecule has 0 amide bonds. The van der Waals surface area contributed by atoms with Crippen LogP contribution < -0.4 is 0 Å². The third-order valence-corrected chi connectivity index (χ3v) is 2.44. The molecular weight excluding hydrogens is 180 g/mol. The van der Waals surface area contributed by atoms with Crippen molar-refractivity contribution in [3.63, 3.8) is 0 Å². The third kappa shape index (κ3) is 3.89. The molecule has 1 aliphatic heterocycles. The maximum atomic E-state index is 10.4. The number of piperazine rings is 1. The van der Waals surface area contributed by atoms with Gasteiger partial charge in [-0.2, -0.15) is 0 Å². The third-order valence-electron chi connectivity index (χ3n) is 2.44. The number of hydrogen-bond donors (Lipinski definition) is 1. The van der Waals surface area contributed by atoms with Gasteiger partial charge >= 0.3 is 5.97 Å². The SMILES string of the molecule is CC(=CC(=O)O)CN1CCN(C)CC1. The van der Waals surface area contributed by atoms with Gasteiger partial charge in [0, 0.05) is 38.8 Å². The molecule has 80 valence electrons. The highest BCUT2D eigenvalue weighted by molar-refractivity contribution is 5.80. The number of carbonyl (C=O) groups is 1. The van der Waals surface area contributed by atoms with Crippen LogP contribution in [0.3, 0.4) is 0 Å². The van der Waals surface area contributed by atoms with Crippen LogP contribution in [0.25, 0.3) is 0 Å². The Morgan fingerprint density at radius 1 is 1.36 bits per heavy atom. The summed E-state index contributed by atoms with van der Waals surface area (Å²) in [6, 6.07) is 0. The minimum atomic E-state index is -0.850. The zero-order valence-electron chi connectivity index (χ0n) is 8.86. The Labute approximate surface area is 84.8 Å². The minimum absolute atomic E-state index is 0.778. The summed E-state index contributed by atoms with van der Waals surface area (Å²) in [5, 5.41) is 8.55. The number of rotatable bonds is 3. The Kier molecular flexibility index (Phi) is 4.10. The van der Waals surface area contributed by atoms with Crippen LogP contribution in [0.15, 0.2) is 11.6 Å². The Bertz CT molecular complexity index is 230. The van der Waals surface area contributed by atoms with Crippen LogP contribution in [0.1, 0.15) is 6.92 Å². The zero-order valence-corrected chi connectivity index (χ0v) is 8.86. The van der Waals surface area contributed by atoms with Gasteiger partial charge in [0.05, 0.1) is 0 Å². The molecule has 4 nitrogen and oxygen atoms in total. The Balaban J connectivity index is 2.34. The first-order chi connectivity index (χ1) is 6.58. The maximum Gasteiger partial charge on any atom is 0.328 e. The van der Waals surface area contributed by atoms with E-state index in [1.165, 1.54) is 6.08 Å². The van der Waals surface area contributed by atoms with Crippen LogP contribution in [0, 0.1) is 0 Å². The molecule has 0 unspecified atom stereocenters. The number of carboxylic acids is 1. The largest absolute Gasteiger partial charge is 0.478 e. The van der Waals surface area contributed by atoms with Crippen LogP contribution in [-0.4, -0.2) is 60.6 Å². The van der Waals surface area contributed by atoms with E-state index >= 15 is 0 Å². The fourth-order valence-corrected chi connectivity index (χ4v) is 1.62. The highest BCUT2D eigenvalue weighted by Gasteiger charge is 2.13. The van der Waals surface area contributed by atoms with Crippen LogP contribution in [0.2, 0.25) is 0 Å². The van der Waals surface area contributed by atoms with Gasteiger partial charge in [0.15, 0.2) is 0 Å². The molecule has 0 saturated carbocycles. The van der Waals surface area contributed by atoms with Crippen LogP contribution in [0.5, 0.6) is 0 Å². The molecule has 1 rings (SSSR count). The molecule has 0 aliphatic carbocycles. The highest BCUT2D eigenvalue weighted by atomic mass is 16.4. The van der Waals surface area contributed by atoms with Gasteiger partial charge in [-0.15, -0.1) is 0 Å². The predicted molar refractivity (Wildman–Crippen MR) is 55.3 cm³/mol. The second-order valence-corrected chi connectivity index (χ2v) is 3.91. The van der Waals surface area contributed by atoms with E-state index in [9.17, 15) is 4.79 Å². The molecule has 0 radical (unpaired) electrons. The average Bonchev–Trinajstić information content (AvgIpc) is 2.07. The van der Waals surface area contributed by atoms with Crippen molar-refractivity contribution in [3.8, 4) is 0 Å². The summed E-state index contributed by atoms with van der Waals surface area (Å²) in [5.74, 6) is -0.850. The fourth-order valence-electron chi connectivity index (χ4n) is 1.62. The summed E-state index contributed by atoms with van der Waals surface area (Å²) in [5.41, 5.74) is 0.919. The molecule has 0 atom stereocenters. The highest BCUT2D eigenvalue weighted by Crippen LogP contribution is 2.03. The van der Waals surface area contributed by atoms with Crippen LogP contribution >= 0.6 is 0 Å². The maximum absolute atomic E-state index is 10.4. The van der Waals surface area contributed by atoms with E-state index in [4.69, 9.17) is 5.11 Å². The number of likely N-dealkylation sites (N-methyl/N-ethyl adjacent to an activating group) is 1. The zero-order chi connectivity index (χ0) is 10.6. The standard InChI is InChI=1S/C10H18N2O2/c1-9(7-10(13)14)8-12-5-3-11(2)4-6-12/h7H,3-6,8H2,1-2H3,(H,13,14). The molecule has 1 fully saturated rings. The van der Waals surface area contributed by atoms with Gasteiger partial charge in [-0.3, -0.25) is 4.90 Å². The normalized spacial score (nSPS) is 21.1. The molecule has 14 heavy (non-hydrogen) atoms. The van der Waals surface area contributed by atoms with Crippen molar-refractivity contribution < 1.29 is 9.90 Å². The summed E-state index contributed by atoms with van der Waals surface area (Å²) in [6.45, 7) is 6.84. The van der Waals surface area contributed by atoms with Crippen molar-refractivity contribution in [2.24, 2.45) is 0 Å². The van der Waals surface area contributed by atoms with E-state index in [0.29, 0.717) is 0 Å². The number of aliphatic carboxylic acids is 1.